The number of benzene rings is 6. The predicted molar refractivity (Wildman–Crippen MR) is 196 cm³/mol. The largest absolute Gasteiger partial charge is 0.376 e. The van der Waals surface area contributed by atoms with Crippen LogP contribution >= 0.6 is 0 Å². The maximum atomic E-state index is 2.67. The standard InChI is InChI=1S/C42H37BN2/c1-41(2,3)27-19-21-30-31-22-20-28(42(4,5)6)25-38(31)45(37(30)24-27)43-33-15-9-10-17-35(33)44-36-23-18-26-12-7-8-13-29(26)39(36)32-14-11-16-34(43)40(32)44/h7-25H,1-6H3. The molecule has 45 heavy (non-hydrogen) atoms. The van der Waals surface area contributed by atoms with E-state index in [-0.39, 0.29) is 17.7 Å². The second-order valence-corrected chi connectivity index (χ2v) is 15.1. The van der Waals surface area contributed by atoms with Crippen molar-refractivity contribution in [2.24, 2.45) is 0 Å². The molecule has 1 aliphatic heterocycles. The maximum absolute atomic E-state index is 2.67. The zero-order chi connectivity index (χ0) is 30.8. The van der Waals surface area contributed by atoms with Crippen LogP contribution in [0.5, 0.6) is 0 Å². The van der Waals surface area contributed by atoms with E-state index in [4.69, 9.17) is 0 Å². The van der Waals surface area contributed by atoms with Gasteiger partial charge in [0.2, 0.25) is 0 Å². The van der Waals surface area contributed by atoms with Gasteiger partial charge in [-0.15, -0.1) is 0 Å². The van der Waals surface area contributed by atoms with Gasteiger partial charge in [-0.25, -0.2) is 0 Å². The lowest BCUT2D eigenvalue weighted by molar-refractivity contribution is 0.591. The Labute approximate surface area is 265 Å². The van der Waals surface area contributed by atoms with E-state index in [1.165, 1.54) is 82.1 Å². The zero-order valence-electron chi connectivity index (χ0n) is 26.9. The average Bonchev–Trinajstić information content (AvgIpc) is 3.54. The molecule has 218 valence electrons. The summed E-state index contributed by atoms with van der Waals surface area (Å²) < 4.78 is 5.20. The van der Waals surface area contributed by atoms with E-state index in [9.17, 15) is 0 Å². The first-order valence-electron chi connectivity index (χ1n) is 16.2. The summed E-state index contributed by atoms with van der Waals surface area (Å²) >= 11 is 0. The summed E-state index contributed by atoms with van der Waals surface area (Å²) in [5.74, 6) is 0. The highest BCUT2D eigenvalue weighted by atomic mass is 15.0. The highest BCUT2D eigenvalue weighted by Gasteiger charge is 2.36. The molecule has 0 bridgehead atoms. The number of para-hydroxylation sites is 2. The molecule has 0 spiro atoms. The highest BCUT2D eigenvalue weighted by Crippen LogP contribution is 2.40. The smallest absolute Gasteiger partial charge is 0.332 e. The van der Waals surface area contributed by atoms with Gasteiger partial charge in [-0.05, 0) is 67.9 Å². The van der Waals surface area contributed by atoms with Gasteiger partial charge in [-0.2, -0.15) is 0 Å². The number of nitrogens with zero attached hydrogens (tertiary/aromatic N) is 2. The molecule has 6 aromatic carbocycles. The van der Waals surface area contributed by atoms with Crippen molar-refractivity contribution in [1.82, 2.24) is 9.05 Å². The van der Waals surface area contributed by atoms with E-state index in [1.54, 1.807) is 0 Å². The van der Waals surface area contributed by atoms with E-state index < -0.39 is 0 Å². The van der Waals surface area contributed by atoms with E-state index in [2.05, 4.69) is 166 Å². The number of rotatable bonds is 1. The Morgan fingerprint density at radius 1 is 0.489 bits per heavy atom. The topological polar surface area (TPSA) is 9.86 Å². The van der Waals surface area contributed by atoms with Crippen LogP contribution in [0.1, 0.15) is 52.7 Å². The maximum Gasteiger partial charge on any atom is 0.332 e. The molecule has 0 radical (unpaired) electrons. The molecule has 0 amide bonds. The lowest BCUT2D eigenvalue weighted by Gasteiger charge is -2.29. The number of hydrogen-bond donors (Lipinski definition) is 0. The van der Waals surface area contributed by atoms with E-state index in [0.29, 0.717) is 0 Å². The van der Waals surface area contributed by atoms with Gasteiger partial charge in [-0.3, -0.25) is 0 Å². The van der Waals surface area contributed by atoms with E-state index in [0.717, 1.165) is 0 Å². The minimum absolute atomic E-state index is 0.0263. The first-order chi connectivity index (χ1) is 21.6. The molecule has 1 aliphatic rings. The molecule has 3 heteroatoms. The molecule has 0 unspecified atom stereocenters. The summed E-state index contributed by atoms with van der Waals surface area (Å²) in [6, 6.07) is 43.8. The van der Waals surface area contributed by atoms with Gasteiger partial charge < -0.3 is 9.05 Å². The van der Waals surface area contributed by atoms with Gasteiger partial charge in [0.1, 0.15) is 0 Å². The van der Waals surface area contributed by atoms with Gasteiger partial charge in [0.25, 0.3) is 0 Å². The first-order valence-corrected chi connectivity index (χ1v) is 16.2. The summed E-state index contributed by atoms with van der Waals surface area (Å²) in [7, 11) is 0. The average molecular weight is 581 g/mol. The quantitative estimate of drug-likeness (QED) is 0.171. The van der Waals surface area contributed by atoms with Crippen LogP contribution in [0, 0.1) is 0 Å². The van der Waals surface area contributed by atoms with Crippen molar-refractivity contribution in [3.05, 3.63) is 126 Å². The molecule has 9 rings (SSSR count). The number of aromatic nitrogens is 2. The molecule has 3 heterocycles. The van der Waals surface area contributed by atoms with Crippen molar-refractivity contribution in [3.63, 3.8) is 0 Å². The third-order valence-corrected chi connectivity index (χ3v) is 10.3. The van der Waals surface area contributed by atoms with Crippen molar-refractivity contribution in [2.75, 3.05) is 0 Å². The molecule has 0 fully saturated rings. The Morgan fingerprint density at radius 3 is 1.78 bits per heavy atom. The Balaban J connectivity index is 1.48. The Morgan fingerprint density at radius 2 is 1.09 bits per heavy atom. The van der Waals surface area contributed by atoms with Crippen LogP contribution in [-0.4, -0.2) is 15.9 Å². The van der Waals surface area contributed by atoms with Crippen molar-refractivity contribution < 1.29 is 0 Å². The van der Waals surface area contributed by atoms with Crippen LogP contribution in [0.2, 0.25) is 0 Å². The summed E-state index contributed by atoms with van der Waals surface area (Å²) in [5, 5.41) is 7.90. The van der Waals surface area contributed by atoms with Gasteiger partial charge in [0.15, 0.2) is 0 Å². The second-order valence-electron chi connectivity index (χ2n) is 15.1. The normalized spacial score (nSPS) is 13.5. The van der Waals surface area contributed by atoms with Crippen LogP contribution < -0.4 is 10.9 Å². The molecule has 0 saturated heterocycles. The molecular weight excluding hydrogens is 543 g/mol. The molecule has 0 atom stereocenters. The van der Waals surface area contributed by atoms with Crippen LogP contribution in [0.4, 0.5) is 0 Å². The number of hydrogen-bond acceptors (Lipinski definition) is 0. The fourth-order valence-corrected chi connectivity index (χ4v) is 7.96. The van der Waals surface area contributed by atoms with Crippen molar-refractivity contribution in [3.8, 4) is 5.69 Å². The van der Waals surface area contributed by atoms with Gasteiger partial charge in [-0.1, -0.05) is 133 Å². The third-order valence-electron chi connectivity index (χ3n) is 10.3. The Kier molecular flexibility index (Phi) is 5.28. The summed E-state index contributed by atoms with van der Waals surface area (Å²) in [5.41, 5.74) is 12.0. The summed E-state index contributed by atoms with van der Waals surface area (Å²) in [6.07, 6.45) is 0. The minimum Gasteiger partial charge on any atom is -0.376 e. The molecule has 0 aliphatic carbocycles. The Hall–Kier alpha value is -4.76. The SMILES string of the molecule is CC(C)(C)c1ccc2c3ccc(C(C)(C)C)cc3n(B3c4ccccc4-n4c5ccc6ccccc6c5c5cccc3c54)c2c1. The fourth-order valence-electron chi connectivity index (χ4n) is 7.96. The van der Waals surface area contributed by atoms with Gasteiger partial charge in [0.05, 0.1) is 11.0 Å². The highest BCUT2D eigenvalue weighted by molar-refractivity contribution is 6.88. The fraction of sp³-hybridized carbons (Fsp3) is 0.190. The van der Waals surface area contributed by atoms with Crippen molar-refractivity contribution in [2.45, 2.75) is 52.4 Å². The van der Waals surface area contributed by atoms with Crippen LogP contribution in [0.25, 0.3) is 60.1 Å². The monoisotopic (exact) mass is 580 g/mol. The molecule has 2 nitrogen and oxygen atoms in total. The zero-order valence-corrected chi connectivity index (χ0v) is 26.9. The second kappa shape index (κ2) is 8.91. The van der Waals surface area contributed by atoms with Crippen LogP contribution in [0.3, 0.4) is 0 Å². The molecular formula is C42H37BN2. The third kappa shape index (κ3) is 3.64. The minimum atomic E-state index is 0.0263. The summed E-state index contributed by atoms with van der Waals surface area (Å²) in [6.45, 7) is 13.9. The van der Waals surface area contributed by atoms with E-state index >= 15 is 0 Å². The Bertz CT molecular complexity index is 2440. The predicted octanol–water partition coefficient (Wildman–Crippen LogP) is 9.61. The summed E-state index contributed by atoms with van der Waals surface area (Å²) in [4.78, 5) is 0. The van der Waals surface area contributed by atoms with Crippen LogP contribution in [0.15, 0.2) is 115 Å². The van der Waals surface area contributed by atoms with Crippen LogP contribution in [-0.2, 0) is 10.8 Å². The van der Waals surface area contributed by atoms with Gasteiger partial charge >= 0.3 is 6.85 Å². The lowest BCUT2D eigenvalue weighted by Crippen LogP contribution is -2.53. The first kappa shape index (κ1) is 26.6. The molecule has 8 aromatic rings. The van der Waals surface area contributed by atoms with Crippen molar-refractivity contribution >= 4 is 72.2 Å². The molecule has 0 N–H and O–H groups in total. The van der Waals surface area contributed by atoms with Gasteiger partial charge in [0, 0.05) is 38.3 Å². The number of fused-ring (bicyclic) bond motifs is 10. The van der Waals surface area contributed by atoms with Crippen molar-refractivity contribution in [1.29, 1.82) is 0 Å². The van der Waals surface area contributed by atoms with E-state index in [1.807, 2.05) is 0 Å². The molecule has 0 saturated carbocycles. The molecule has 2 aromatic heterocycles. The lowest BCUT2D eigenvalue weighted by atomic mass is 9.48.